The first-order valence-electron chi connectivity index (χ1n) is 11.0. The van der Waals surface area contributed by atoms with Crippen molar-refractivity contribution in [3.05, 3.63) is 50.3 Å². The van der Waals surface area contributed by atoms with E-state index in [4.69, 9.17) is 4.74 Å². The summed E-state index contributed by atoms with van der Waals surface area (Å²) in [5, 5.41) is 3.63. The Balaban J connectivity index is 1.93. The van der Waals surface area contributed by atoms with E-state index in [0.717, 1.165) is 35.7 Å². The van der Waals surface area contributed by atoms with E-state index in [1.165, 1.54) is 43.4 Å². The van der Waals surface area contributed by atoms with Gasteiger partial charge in [-0.1, -0.05) is 60.5 Å². The quantitative estimate of drug-likeness (QED) is 0.461. The lowest BCUT2D eigenvalue weighted by Crippen LogP contribution is -2.15. The number of hydrogen-bond donors (Lipinski definition) is 1. The molecule has 0 unspecified atom stereocenters. The molecule has 0 saturated heterocycles. The van der Waals surface area contributed by atoms with Gasteiger partial charge in [0.2, 0.25) is 0 Å². The van der Waals surface area contributed by atoms with E-state index in [1.54, 1.807) is 23.5 Å². The standard InChI is InChI=1S/C24H30BrNO3S/c1-2-29-24(28)21-19-14-9-7-5-3-4-6-8-10-15-20(19)30-23(21)26-22(27)17-12-11-13-18(25)16-17/h11-13,16H,2-10,14-15H2,1H3,(H,26,27). The smallest absolute Gasteiger partial charge is 0.341 e. The number of ether oxygens (including phenoxy) is 1. The third kappa shape index (κ3) is 6.17. The number of nitrogens with one attached hydrogen (secondary N) is 1. The van der Waals surface area contributed by atoms with Crippen molar-refractivity contribution in [2.45, 2.75) is 71.1 Å². The zero-order valence-corrected chi connectivity index (χ0v) is 20.0. The van der Waals surface area contributed by atoms with Gasteiger partial charge >= 0.3 is 5.97 Å². The van der Waals surface area contributed by atoms with Crippen LogP contribution < -0.4 is 5.32 Å². The molecular weight excluding hydrogens is 462 g/mol. The fourth-order valence-electron chi connectivity index (χ4n) is 3.94. The third-order valence-corrected chi connectivity index (χ3v) is 7.17. The van der Waals surface area contributed by atoms with Crippen molar-refractivity contribution in [1.29, 1.82) is 0 Å². The summed E-state index contributed by atoms with van der Waals surface area (Å²) in [6, 6.07) is 7.27. The first kappa shape index (κ1) is 23.0. The highest BCUT2D eigenvalue weighted by molar-refractivity contribution is 9.10. The van der Waals surface area contributed by atoms with Crippen LogP contribution >= 0.6 is 27.3 Å². The number of anilines is 1. The van der Waals surface area contributed by atoms with Crippen LogP contribution in [-0.4, -0.2) is 18.5 Å². The molecule has 4 nitrogen and oxygen atoms in total. The summed E-state index contributed by atoms with van der Waals surface area (Å²) in [6.45, 7) is 2.14. The second-order valence-electron chi connectivity index (χ2n) is 7.72. The first-order chi connectivity index (χ1) is 14.6. The fourth-order valence-corrected chi connectivity index (χ4v) is 5.61. The second kappa shape index (κ2) is 11.7. The highest BCUT2D eigenvalue weighted by Gasteiger charge is 2.26. The van der Waals surface area contributed by atoms with Crippen LogP contribution in [0.15, 0.2) is 28.7 Å². The van der Waals surface area contributed by atoms with Crippen molar-refractivity contribution in [3.8, 4) is 0 Å². The molecule has 1 N–H and O–H groups in total. The summed E-state index contributed by atoms with van der Waals surface area (Å²) in [7, 11) is 0. The van der Waals surface area contributed by atoms with Crippen LogP contribution in [0.2, 0.25) is 0 Å². The zero-order chi connectivity index (χ0) is 21.3. The van der Waals surface area contributed by atoms with E-state index >= 15 is 0 Å². The number of esters is 1. The molecule has 30 heavy (non-hydrogen) atoms. The van der Waals surface area contributed by atoms with Crippen LogP contribution in [0, 0.1) is 0 Å². The van der Waals surface area contributed by atoms with Crippen LogP contribution in [-0.2, 0) is 17.6 Å². The fraction of sp³-hybridized carbons (Fsp3) is 0.500. The normalized spacial score (nSPS) is 15.4. The molecule has 1 aliphatic carbocycles. The van der Waals surface area contributed by atoms with Gasteiger partial charge in [0.1, 0.15) is 5.00 Å². The molecule has 162 valence electrons. The lowest BCUT2D eigenvalue weighted by molar-refractivity contribution is 0.0526. The van der Waals surface area contributed by atoms with Crippen LogP contribution in [0.25, 0.3) is 0 Å². The molecule has 1 aromatic heterocycles. The van der Waals surface area contributed by atoms with Gasteiger partial charge in [-0.25, -0.2) is 4.79 Å². The molecule has 0 fully saturated rings. The van der Waals surface area contributed by atoms with Gasteiger partial charge in [-0.3, -0.25) is 4.79 Å². The minimum atomic E-state index is -0.327. The number of carbonyl (C=O) groups excluding carboxylic acids is 2. The lowest BCUT2D eigenvalue weighted by atomic mass is 9.97. The maximum Gasteiger partial charge on any atom is 0.341 e. The average Bonchev–Trinajstić information content (AvgIpc) is 3.05. The molecule has 1 amide bonds. The molecule has 6 heteroatoms. The van der Waals surface area contributed by atoms with Crippen molar-refractivity contribution < 1.29 is 14.3 Å². The molecule has 3 rings (SSSR count). The van der Waals surface area contributed by atoms with Gasteiger partial charge in [0.05, 0.1) is 12.2 Å². The van der Waals surface area contributed by atoms with Gasteiger partial charge in [0, 0.05) is 14.9 Å². The molecule has 0 radical (unpaired) electrons. The molecule has 1 heterocycles. The number of carbonyl (C=O) groups is 2. The molecule has 1 aromatic carbocycles. The Labute approximate surface area is 191 Å². The van der Waals surface area contributed by atoms with Gasteiger partial charge in [-0.2, -0.15) is 0 Å². The van der Waals surface area contributed by atoms with Crippen LogP contribution in [0.4, 0.5) is 5.00 Å². The molecule has 0 aliphatic heterocycles. The number of rotatable bonds is 4. The topological polar surface area (TPSA) is 55.4 Å². The van der Waals surface area contributed by atoms with E-state index in [1.807, 2.05) is 19.1 Å². The monoisotopic (exact) mass is 491 g/mol. The van der Waals surface area contributed by atoms with Crippen LogP contribution in [0.3, 0.4) is 0 Å². The number of aryl methyl sites for hydroxylation is 1. The van der Waals surface area contributed by atoms with Crippen molar-refractivity contribution in [3.63, 3.8) is 0 Å². The SMILES string of the molecule is CCOC(=O)c1c(NC(=O)c2cccc(Br)c2)sc2c1CCCCCCCCCC2. The Morgan fingerprint density at radius 1 is 1.03 bits per heavy atom. The van der Waals surface area contributed by atoms with Gasteiger partial charge in [-0.05, 0) is 56.4 Å². The van der Waals surface area contributed by atoms with Crippen molar-refractivity contribution in [2.24, 2.45) is 0 Å². The Morgan fingerprint density at radius 2 is 1.70 bits per heavy atom. The maximum absolute atomic E-state index is 12.9. The zero-order valence-electron chi connectivity index (χ0n) is 17.6. The second-order valence-corrected chi connectivity index (χ2v) is 9.74. The first-order valence-corrected chi connectivity index (χ1v) is 12.6. The average molecular weight is 492 g/mol. The Bertz CT molecular complexity index is 877. The molecule has 0 spiro atoms. The van der Waals surface area contributed by atoms with Crippen molar-refractivity contribution in [2.75, 3.05) is 11.9 Å². The Hall–Kier alpha value is -1.66. The van der Waals surface area contributed by atoms with Gasteiger partial charge in [-0.15, -0.1) is 11.3 Å². The van der Waals surface area contributed by atoms with E-state index in [0.29, 0.717) is 22.7 Å². The third-order valence-electron chi connectivity index (χ3n) is 5.46. The number of halogens is 1. The van der Waals surface area contributed by atoms with Crippen molar-refractivity contribution in [1.82, 2.24) is 0 Å². The van der Waals surface area contributed by atoms with E-state index in [-0.39, 0.29) is 11.9 Å². The minimum absolute atomic E-state index is 0.209. The molecular formula is C24H30BrNO3S. The summed E-state index contributed by atoms with van der Waals surface area (Å²) >= 11 is 4.96. The Morgan fingerprint density at radius 3 is 2.37 bits per heavy atom. The molecule has 2 aromatic rings. The summed E-state index contributed by atoms with van der Waals surface area (Å²) in [5.41, 5.74) is 2.21. The highest BCUT2D eigenvalue weighted by Crippen LogP contribution is 2.37. The van der Waals surface area contributed by atoms with Gasteiger partial charge in [0.15, 0.2) is 0 Å². The van der Waals surface area contributed by atoms with Crippen LogP contribution in [0.1, 0.15) is 89.4 Å². The predicted molar refractivity (Wildman–Crippen MR) is 127 cm³/mol. The van der Waals surface area contributed by atoms with Crippen molar-refractivity contribution >= 4 is 44.1 Å². The lowest BCUT2D eigenvalue weighted by Gasteiger charge is -2.11. The summed E-state index contributed by atoms with van der Waals surface area (Å²) in [5.74, 6) is -0.536. The highest BCUT2D eigenvalue weighted by atomic mass is 79.9. The maximum atomic E-state index is 12.9. The summed E-state index contributed by atoms with van der Waals surface area (Å²) in [6.07, 6.45) is 11.5. The number of amides is 1. The molecule has 1 aliphatic rings. The number of benzene rings is 1. The van der Waals surface area contributed by atoms with Crippen LogP contribution in [0.5, 0.6) is 0 Å². The van der Waals surface area contributed by atoms with E-state index in [9.17, 15) is 9.59 Å². The number of fused-ring (bicyclic) bond motifs is 1. The molecule has 0 bridgehead atoms. The number of thiophene rings is 1. The van der Waals surface area contributed by atoms with E-state index < -0.39 is 0 Å². The summed E-state index contributed by atoms with van der Waals surface area (Å²) in [4.78, 5) is 27.0. The van der Waals surface area contributed by atoms with Gasteiger partial charge < -0.3 is 10.1 Å². The summed E-state index contributed by atoms with van der Waals surface area (Å²) < 4.78 is 6.23. The number of hydrogen-bond acceptors (Lipinski definition) is 4. The predicted octanol–water partition coefficient (Wildman–Crippen LogP) is 7.16. The molecule has 0 atom stereocenters. The Kier molecular flexibility index (Phi) is 8.94. The minimum Gasteiger partial charge on any atom is -0.462 e. The van der Waals surface area contributed by atoms with Gasteiger partial charge in [0.25, 0.3) is 5.91 Å². The molecule has 0 saturated carbocycles. The largest absolute Gasteiger partial charge is 0.462 e. The van der Waals surface area contributed by atoms with E-state index in [2.05, 4.69) is 21.2 Å².